The van der Waals surface area contributed by atoms with Gasteiger partial charge in [0.25, 0.3) is 0 Å². The zero-order chi connectivity index (χ0) is 12.0. The van der Waals surface area contributed by atoms with Crippen LogP contribution in [0.25, 0.3) is 6.08 Å². The van der Waals surface area contributed by atoms with Crippen LogP contribution in [0.5, 0.6) is 11.5 Å². The summed E-state index contributed by atoms with van der Waals surface area (Å²) in [7, 11) is 3.08. The first kappa shape index (κ1) is 12.3. The molecule has 0 fully saturated rings. The SMILES string of the molecule is COc1cc(C=O)c(C=CCN)cc1OC. The van der Waals surface area contributed by atoms with Gasteiger partial charge in [-0.1, -0.05) is 12.2 Å². The lowest BCUT2D eigenvalue weighted by molar-refractivity contribution is 0.112. The molecule has 86 valence electrons. The van der Waals surface area contributed by atoms with Crippen molar-refractivity contribution in [2.24, 2.45) is 5.73 Å². The number of hydrogen-bond donors (Lipinski definition) is 1. The van der Waals surface area contributed by atoms with Crippen LogP contribution in [0.1, 0.15) is 15.9 Å². The molecule has 0 unspecified atom stereocenters. The predicted molar refractivity (Wildman–Crippen MR) is 63.0 cm³/mol. The Kier molecular flexibility index (Phi) is 4.54. The van der Waals surface area contributed by atoms with Gasteiger partial charge < -0.3 is 15.2 Å². The van der Waals surface area contributed by atoms with E-state index in [0.29, 0.717) is 23.6 Å². The Balaban J connectivity index is 3.25. The smallest absolute Gasteiger partial charge is 0.161 e. The van der Waals surface area contributed by atoms with Gasteiger partial charge in [-0.3, -0.25) is 4.79 Å². The van der Waals surface area contributed by atoms with E-state index in [-0.39, 0.29) is 0 Å². The molecule has 2 N–H and O–H groups in total. The summed E-state index contributed by atoms with van der Waals surface area (Å²) in [5.74, 6) is 1.12. The molecule has 0 aliphatic heterocycles. The fraction of sp³-hybridized carbons (Fsp3) is 0.250. The van der Waals surface area contributed by atoms with Crippen molar-refractivity contribution in [2.45, 2.75) is 0 Å². The van der Waals surface area contributed by atoms with Gasteiger partial charge in [0.15, 0.2) is 17.8 Å². The normalized spacial score (nSPS) is 10.4. The summed E-state index contributed by atoms with van der Waals surface area (Å²) in [6.45, 7) is 0.423. The average Bonchev–Trinajstić information content (AvgIpc) is 2.35. The number of carbonyl (C=O) groups is 1. The highest BCUT2D eigenvalue weighted by Crippen LogP contribution is 2.30. The maximum Gasteiger partial charge on any atom is 0.161 e. The van der Waals surface area contributed by atoms with Crippen LogP contribution in [0.3, 0.4) is 0 Å². The monoisotopic (exact) mass is 221 g/mol. The largest absolute Gasteiger partial charge is 0.493 e. The van der Waals surface area contributed by atoms with E-state index in [9.17, 15) is 4.79 Å². The summed E-state index contributed by atoms with van der Waals surface area (Å²) < 4.78 is 10.3. The maximum absolute atomic E-state index is 10.9. The van der Waals surface area contributed by atoms with Gasteiger partial charge in [-0.05, 0) is 17.7 Å². The Bertz CT molecular complexity index is 399. The van der Waals surface area contributed by atoms with Crippen LogP contribution in [-0.2, 0) is 0 Å². The fourth-order valence-corrected chi connectivity index (χ4v) is 1.35. The Morgan fingerprint density at radius 2 is 1.75 bits per heavy atom. The van der Waals surface area contributed by atoms with Gasteiger partial charge in [-0.15, -0.1) is 0 Å². The summed E-state index contributed by atoms with van der Waals surface area (Å²) in [6, 6.07) is 3.39. The molecule has 4 heteroatoms. The molecule has 1 rings (SSSR count). The minimum absolute atomic E-state index is 0.423. The molecule has 0 saturated heterocycles. The van der Waals surface area contributed by atoms with Gasteiger partial charge in [-0.2, -0.15) is 0 Å². The van der Waals surface area contributed by atoms with Crippen LogP contribution >= 0.6 is 0 Å². The first-order valence-corrected chi connectivity index (χ1v) is 4.84. The highest BCUT2D eigenvalue weighted by atomic mass is 16.5. The van der Waals surface area contributed by atoms with Gasteiger partial charge in [0, 0.05) is 12.1 Å². The molecule has 0 aliphatic carbocycles. The van der Waals surface area contributed by atoms with Crippen LogP contribution in [0.15, 0.2) is 18.2 Å². The van der Waals surface area contributed by atoms with Crippen molar-refractivity contribution in [3.8, 4) is 11.5 Å². The van der Waals surface area contributed by atoms with Gasteiger partial charge in [-0.25, -0.2) is 0 Å². The third-order valence-corrected chi connectivity index (χ3v) is 2.15. The molecule has 1 aromatic rings. The molecule has 0 heterocycles. The molecular formula is C12H15NO3. The molecule has 4 nitrogen and oxygen atoms in total. The van der Waals surface area contributed by atoms with Crippen molar-refractivity contribution in [3.05, 3.63) is 29.3 Å². The van der Waals surface area contributed by atoms with Crippen molar-refractivity contribution in [3.63, 3.8) is 0 Å². The van der Waals surface area contributed by atoms with Gasteiger partial charge >= 0.3 is 0 Å². The van der Waals surface area contributed by atoms with E-state index in [1.54, 1.807) is 31.4 Å². The second-order valence-electron chi connectivity index (χ2n) is 3.09. The number of ether oxygens (including phenoxy) is 2. The maximum atomic E-state index is 10.9. The minimum atomic E-state index is 0.423. The lowest BCUT2D eigenvalue weighted by atomic mass is 10.1. The Labute approximate surface area is 94.7 Å². The van der Waals surface area contributed by atoms with Crippen LogP contribution in [0.4, 0.5) is 0 Å². The lowest BCUT2D eigenvalue weighted by Crippen LogP contribution is -1.96. The molecule has 0 atom stereocenters. The number of methoxy groups -OCH3 is 2. The van der Waals surface area contributed by atoms with E-state index in [1.165, 1.54) is 7.11 Å². The number of rotatable bonds is 5. The summed E-state index contributed by atoms with van der Waals surface area (Å²) >= 11 is 0. The first-order chi connectivity index (χ1) is 7.76. The molecule has 0 radical (unpaired) electrons. The zero-order valence-corrected chi connectivity index (χ0v) is 9.40. The summed E-state index contributed by atoms with van der Waals surface area (Å²) in [6.07, 6.45) is 4.33. The van der Waals surface area contributed by atoms with E-state index in [0.717, 1.165) is 11.8 Å². The molecule has 0 amide bonds. The lowest BCUT2D eigenvalue weighted by Gasteiger charge is -2.09. The Morgan fingerprint density at radius 1 is 1.19 bits per heavy atom. The van der Waals surface area contributed by atoms with E-state index >= 15 is 0 Å². The molecule has 0 bridgehead atoms. The van der Waals surface area contributed by atoms with Crippen molar-refractivity contribution >= 4 is 12.4 Å². The Hall–Kier alpha value is -1.81. The molecule has 0 aliphatic rings. The third-order valence-electron chi connectivity index (χ3n) is 2.15. The van der Waals surface area contributed by atoms with E-state index < -0.39 is 0 Å². The topological polar surface area (TPSA) is 61.5 Å². The number of carbonyl (C=O) groups excluding carboxylic acids is 1. The van der Waals surface area contributed by atoms with Crippen molar-refractivity contribution in [2.75, 3.05) is 20.8 Å². The number of hydrogen-bond acceptors (Lipinski definition) is 4. The van der Waals surface area contributed by atoms with E-state index in [1.807, 2.05) is 0 Å². The molecule has 0 saturated carbocycles. The molecular weight excluding hydrogens is 206 g/mol. The quantitative estimate of drug-likeness (QED) is 0.765. The molecule has 0 aromatic heterocycles. The van der Waals surface area contributed by atoms with Gasteiger partial charge in [0.2, 0.25) is 0 Å². The van der Waals surface area contributed by atoms with E-state index in [4.69, 9.17) is 15.2 Å². The molecule has 16 heavy (non-hydrogen) atoms. The molecule has 1 aromatic carbocycles. The average molecular weight is 221 g/mol. The highest BCUT2D eigenvalue weighted by molar-refractivity contribution is 5.83. The van der Waals surface area contributed by atoms with Crippen molar-refractivity contribution in [1.82, 2.24) is 0 Å². The van der Waals surface area contributed by atoms with E-state index in [2.05, 4.69) is 0 Å². The Morgan fingerprint density at radius 3 is 2.19 bits per heavy atom. The van der Waals surface area contributed by atoms with Gasteiger partial charge in [0.05, 0.1) is 14.2 Å². The number of benzene rings is 1. The van der Waals surface area contributed by atoms with Crippen LogP contribution in [-0.4, -0.2) is 27.1 Å². The van der Waals surface area contributed by atoms with Crippen LogP contribution in [0, 0.1) is 0 Å². The summed E-state index contributed by atoms with van der Waals surface area (Å²) in [4.78, 5) is 10.9. The number of nitrogens with two attached hydrogens (primary N) is 1. The van der Waals surface area contributed by atoms with Gasteiger partial charge in [0.1, 0.15) is 0 Å². The highest BCUT2D eigenvalue weighted by Gasteiger charge is 2.08. The molecule has 0 spiro atoms. The fourth-order valence-electron chi connectivity index (χ4n) is 1.35. The summed E-state index contributed by atoms with van der Waals surface area (Å²) in [5.41, 5.74) is 6.67. The second kappa shape index (κ2) is 5.92. The summed E-state index contributed by atoms with van der Waals surface area (Å²) in [5, 5.41) is 0. The third kappa shape index (κ3) is 2.61. The predicted octanol–water partition coefficient (Wildman–Crippen LogP) is 1.49. The first-order valence-electron chi connectivity index (χ1n) is 4.84. The second-order valence-corrected chi connectivity index (χ2v) is 3.09. The van der Waals surface area contributed by atoms with Crippen LogP contribution in [0.2, 0.25) is 0 Å². The van der Waals surface area contributed by atoms with Crippen molar-refractivity contribution < 1.29 is 14.3 Å². The standard InChI is InChI=1S/C12H15NO3/c1-15-11-6-9(4-3-5-13)10(8-14)7-12(11)16-2/h3-4,6-8H,5,13H2,1-2H3. The zero-order valence-electron chi connectivity index (χ0n) is 9.40. The number of aldehydes is 1. The van der Waals surface area contributed by atoms with Crippen LogP contribution < -0.4 is 15.2 Å². The van der Waals surface area contributed by atoms with Crippen molar-refractivity contribution in [1.29, 1.82) is 0 Å². The minimum Gasteiger partial charge on any atom is -0.493 e.